The van der Waals surface area contributed by atoms with Crippen LogP contribution in [0.4, 0.5) is 15.9 Å². The van der Waals surface area contributed by atoms with E-state index in [4.69, 9.17) is 23.2 Å². The van der Waals surface area contributed by atoms with Gasteiger partial charge in [-0.25, -0.2) is 9.37 Å². The lowest BCUT2D eigenvalue weighted by molar-refractivity contribution is -0.117. The van der Waals surface area contributed by atoms with Crippen molar-refractivity contribution in [1.82, 2.24) is 9.88 Å². The van der Waals surface area contributed by atoms with E-state index in [0.29, 0.717) is 12.2 Å². The smallest absolute Gasteiger partial charge is 0.258 e. The molecule has 1 fully saturated rings. The number of carbonyl (C=O) groups excluding carboxylic acids is 2. The van der Waals surface area contributed by atoms with Crippen molar-refractivity contribution >= 4 is 46.5 Å². The van der Waals surface area contributed by atoms with Crippen molar-refractivity contribution < 1.29 is 14.0 Å². The van der Waals surface area contributed by atoms with Gasteiger partial charge in [0, 0.05) is 24.5 Å². The van der Waals surface area contributed by atoms with Gasteiger partial charge in [0.15, 0.2) is 0 Å². The second kappa shape index (κ2) is 8.43. The third-order valence-corrected chi connectivity index (χ3v) is 4.74. The maximum atomic E-state index is 13.0. The predicted octanol–water partition coefficient (Wildman–Crippen LogP) is 4.00. The summed E-state index contributed by atoms with van der Waals surface area (Å²) in [7, 11) is 3.83. The van der Waals surface area contributed by atoms with Crippen LogP contribution in [0.1, 0.15) is 22.3 Å². The van der Waals surface area contributed by atoms with Gasteiger partial charge in [-0.05, 0) is 44.3 Å². The maximum Gasteiger partial charge on any atom is 0.258 e. The van der Waals surface area contributed by atoms with E-state index in [1.165, 1.54) is 12.3 Å². The lowest BCUT2D eigenvalue weighted by Gasteiger charge is -2.14. The Hall–Kier alpha value is -2.22. The van der Waals surface area contributed by atoms with Crippen molar-refractivity contribution in [2.45, 2.75) is 19.1 Å². The number of rotatable bonds is 6. The molecule has 1 aromatic carbocycles. The zero-order valence-electron chi connectivity index (χ0n) is 15.3. The number of hydrogen-bond acceptors (Lipinski definition) is 4. The van der Waals surface area contributed by atoms with E-state index >= 15 is 0 Å². The van der Waals surface area contributed by atoms with Crippen molar-refractivity contribution in [1.29, 1.82) is 0 Å². The molecule has 0 bridgehead atoms. The minimum absolute atomic E-state index is 0.159. The standard InChI is InChI=1S/C19H19Cl2FN4O2/c1-26(2)9-10-5-13(20)17(14(21)6-10)19(28)24-11-3-4-23-16(7-11)25-18(27)12-8-15(12)22/h3-7,12,15H,8-9H2,1-2H3,(H2,23,24,25,27,28)/t12-,15-/m1/s1. The van der Waals surface area contributed by atoms with E-state index in [-0.39, 0.29) is 27.8 Å². The van der Waals surface area contributed by atoms with E-state index in [1.807, 2.05) is 19.0 Å². The lowest BCUT2D eigenvalue weighted by Crippen LogP contribution is -2.17. The number of alkyl halides is 1. The first kappa shape index (κ1) is 20.5. The summed E-state index contributed by atoms with van der Waals surface area (Å²) in [6.45, 7) is 0.634. The number of amides is 2. The number of benzene rings is 1. The van der Waals surface area contributed by atoms with Crippen LogP contribution >= 0.6 is 23.2 Å². The Morgan fingerprint density at radius 1 is 1.21 bits per heavy atom. The average molecular weight is 425 g/mol. The van der Waals surface area contributed by atoms with Gasteiger partial charge in [0.2, 0.25) is 5.91 Å². The van der Waals surface area contributed by atoms with E-state index in [1.54, 1.807) is 18.2 Å². The summed E-state index contributed by atoms with van der Waals surface area (Å²) >= 11 is 12.5. The number of nitrogens with zero attached hydrogens (tertiary/aromatic N) is 2. The molecule has 3 rings (SSSR count). The van der Waals surface area contributed by atoms with Crippen LogP contribution in [0.15, 0.2) is 30.5 Å². The van der Waals surface area contributed by atoms with Crippen LogP contribution in [0.3, 0.4) is 0 Å². The van der Waals surface area contributed by atoms with E-state index in [2.05, 4.69) is 15.6 Å². The Kier molecular flexibility index (Phi) is 6.17. The second-order valence-corrected chi connectivity index (χ2v) is 7.72. The van der Waals surface area contributed by atoms with Gasteiger partial charge in [0.05, 0.1) is 21.5 Å². The van der Waals surface area contributed by atoms with Gasteiger partial charge in [0.25, 0.3) is 5.91 Å². The summed E-state index contributed by atoms with van der Waals surface area (Å²) in [6, 6.07) is 6.44. The lowest BCUT2D eigenvalue weighted by atomic mass is 10.1. The molecule has 0 saturated heterocycles. The molecule has 2 N–H and O–H groups in total. The van der Waals surface area contributed by atoms with Gasteiger partial charge >= 0.3 is 0 Å². The fraction of sp³-hybridized carbons (Fsp3) is 0.316. The summed E-state index contributed by atoms with van der Waals surface area (Å²) in [6.07, 6.45) is 0.556. The number of carbonyl (C=O) groups is 2. The molecule has 0 spiro atoms. The summed E-state index contributed by atoms with van der Waals surface area (Å²) in [5.41, 5.74) is 1.44. The molecule has 1 aromatic heterocycles. The monoisotopic (exact) mass is 424 g/mol. The highest BCUT2D eigenvalue weighted by Gasteiger charge is 2.43. The highest BCUT2D eigenvalue weighted by Crippen LogP contribution is 2.34. The molecular weight excluding hydrogens is 406 g/mol. The maximum absolute atomic E-state index is 13.0. The molecular formula is C19H19Cl2FN4O2. The third-order valence-electron chi connectivity index (χ3n) is 4.15. The van der Waals surface area contributed by atoms with Crippen LogP contribution in [-0.4, -0.2) is 42.0 Å². The van der Waals surface area contributed by atoms with Crippen molar-refractivity contribution in [2.75, 3.05) is 24.7 Å². The van der Waals surface area contributed by atoms with Gasteiger partial charge < -0.3 is 15.5 Å². The number of aromatic nitrogens is 1. The molecule has 1 heterocycles. The Balaban J connectivity index is 1.72. The molecule has 2 atom stereocenters. The van der Waals surface area contributed by atoms with E-state index in [9.17, 15) is 14.0 Å². The van der Waals surface area contributed by atoms with Gasteiger partial charge in [0.1, 0.15) is 12.0 Å². The molecule has 2 amide bonds. The Morgan fingerprint density at radius 2 is 1.86 bits per heavy atom. The molecule has 1 saturated carbocycles. The minimum Gasteiger partial charge on any atom is -0.322 e. The van der Waals surface area contributed by atoms with Crippen LogP contribution < -0.4 is 10.6 Å². The normalized spacial score (nSPS) is 18.1. The van der Waals surface area contributed by atoms with Gasteiger partial charge in [-0.15, -0.1) is 0 Å². The quantitative estimate of drug-likeness (QED) is 0.734. The Bertz CT molecular complexity index is 900. The first-order chi connectivity index (χ1) is 13.2. The molecule has 1 aliphatic rings. The van der Waals surface area contributed by atoms with Crippen LogP contribution in [0.5, 0.6) is 0 Å². The highest BCUT2D eigenvalue weighted by molar-refractivity contribution is 6.40. The Morgan fingerprint density at radius 3 is 2.43 bits per heavy atom. The number of halogens is 3. The van der Waals surface area contributed by atoms with E-state index < -0.39 is 23.9 Å². The molecule has 6 nitrogen and oxygen atoms in total. The molecule has 0 radical (unpaired) electrons. The van der Waals surface area contributed by atoms with Gasteiger partial charge in [-0.2, -0.15) is 0 Å². The van der Waals surface area contributed by atoms with Crippen LogP contribution in [0.2, 0.25) is 10.0 Å². The molecule has 0 unspecified atom stereocenters. The summed E-state index contributed by atoms with van der Waals surface area (Å²) in [4.78, 5) is 30.4. The summed E-state index contributed by atoms with van der Waals surface area (Å²) in [5, 5.41) is 5.71. The molecule has 28 heavy (non-hydrogen) atoms. The molecule has 148 valence electrons. The molecule has 1 aliphatic carbocycles. The molecule has 0 aliphatic heterocycles. The SMILES string of the molecule is CN(C)Cc1cc(Cl)c(C(=O)Nc2ccnc(NC(=O)[C@@H]3C[C@H]3F)c2)c(Cl)c1. The van der Waals surface area contributed by atoms with Crippen molar-refractivity contribution in [3.8, 4) is 0 Å². The summed E-state index contributed by atoms with van der Waals surface area (Å²) in [5.74, 6) is -1.31. The second-order valence-electron chi connectivity index (χ2n) is 6.90. The number of hydrogen-bond donors (Lipinski definition) is 2. The van der Waals surface area contributed by atoms with E-state index in [0.717, 1.165) is 5.56 Å². The highest BCUT2D eigenvalue weighted by atomic mass is 35.5. The number of anilines is 2. The zero-order chi connectivity index (χ0) is 20.4. The van der Waals surface area contributed by atoms with Crippen LogP contribution in [-0.2, 0) is 11.3 Å². The van der Waals surface area contributed by atoms with Crippen molar-refractivity contribution in [2.24, 2.45) is 5.92 Å². The van der Waals surface area contributed by atoms with Crippen molar-refractivity contribution in [3.63, 3.8) is 0 Å². The largest absolute Gasteiger partial charge is 0.322 e. The summed E-state index contributed by atoms with van der Waals surface area (Å²) < 4.78 is 13.0. The number of pyridine rings is 1. The van der Waals surface area contributed by atoms with Crippen LogP contribution in [0.25, 0.3) is 0 Å². The first-order valence-electron chi connectivity index (χ1n) is 8.59. The van der Waals surface area contributed by atoms with Crippen LogP contribution in [0, 0.1) is 5.92 Å². The fourth-order valence-electron chi connectivity index (χ4n) is 2.72. The Labute approximate surface area is 172 Å². The minimum atomic E-state index is -1.09. The zero-order valence-corrected chi connectivity index (χ0v) is 16.8. The topological polar surface area (TPSA) is 74.3 Å². The van der Waals surface area contributed by atoms with Gasteiger partial charge in [-0.3, -0.25) is 9.59 Å². The fourth-order valence-corrected chi connectivity index (χ4v) is 3.43. The van der Waals surface area contributed by atoms with Gasteiger partial charge in [-0.1, -0.05) is 23.2 Å². The molecule has 9 heteroatoms. The van der Waals surface area contributed by atoms with Crippen molar-refractivity contribution in [3.05, 3.63) is 51.6 Å². The number of nitrogens with one attached hydrogen (secondary N) is 2. The third kappa shape index (κ3) is 4.98. The average Bonchev–Trinajstić information content (AvgIpc) is 3.31. The predicted molar refractivity (Wildman–Crippen MR) is 108 cm³/mol. The molecule has 2 aromatic rings. The first-order valence-corrected chi connectivity index (χ1v) is 9.35.